The van der Waals surface area contributed by atoms with E-state index in [0.717, 1.165) is 48.8 Å². The third kappa shape index (κ3) is 3.28. The minimum Gasteiger partial charge on any atom is -0.396 e. The van der Waals surface area contributed by atoms with Crippen LogP contribution in [0.1, 0.15) is 18.5 Å². The van der Waals surface area contributed by atoms with Gasteiger partial charge in [0.1, 0.15) is 0 Å². The number of piperidine rings is 1. The predicted octanol–water partition coefficient (Wildman–Crippen LogP) is 1.95. The fourth-order valence-corrected chi connectivity index (χ4v) is 3.33. The van der Waals surface area contributed by atoms with Crippen LogP contribution in [0.4, 0.5) is 11.5 Å². The minimum absolute atomic E-state index is 0.282. The number of aliphatic hydroxyl groups excluding tert-OH is 1. The highest BCUT2D eigenvalue weighted by molar-refractivity contribution is 5.65. The number of rotatable bonds is 5. The minimum atomic E-state index is 0.282. The van der Waals surface area contributed by atoms with E-state index < -0.39 is 0 Å². The third-order valence-electron chi connectivity index (χ3n) is 4.81. The van der Waals surface area contributed by atoms with Gasteiger partial charge in [-0.3, -0.25) is 9.38 Å². The Hall–Kier alpha value is -2.67. The molecule has 0 atom stereocenters. The van der Waals surface area contributed by atoms with Gasteiger partial charge in [-0.1, -0.05) is 0 Å². The van der Waals surface area contributed by atoms with Gasteiger partial charge in [0.25, 0.3) is 0 Å². The Morgan fingerprint density at radius 2 is 2.04 bits per heavy atom. The van der Waals surface area contributed by atoms with Crippen LogP contribution in [0, 0.1) is 5.92 Å². The van der Waals surface area contributed by atoms with Gasteiger partial charge in [-0.15, -0.1) is 0 Å². The van der Waals surface area contributed by atoms with Crippen LogP contribution in [-0.2, 0) is 6.54 Å². The van der Waals surface area contributed by atoms with E-state index in [0.29, 0.717) is 12.5 Å². The number of nitrogens with one attached hydrogen (secondary N) is 1. The molecule has 0 spiro atoms. The van der Waals surface area contributed by atoms with Gasteiger partial charge in [-0.25, -0.2) is 9.97 Å². The standard InChI is InChI=1S/C18H22N6O/c25-13-14-3-7-23(8-4-14)18-16(2-1-5-20-18)21-10-15-11-22-17-12-19-6-9-24(15)17/h1-2,5-6,9,11-12,14,21,25H,3-4,7-8,10,13H2. The summed E-state index contributed by atoms with van der Waals surface area (Å²) < 4.78 is 2.03. The van der Waals surface area contributed by atoms with Crippen molar-refractivity contribution in [2.24, 2.45) is 5.92 Å². The molecule has 0 aromatic carbocycles. The van der Waals surface area contributed by atoms with Crippen LogP contribution >= 0.6 is 0 Å². The zero-order valence-corrected chi connectivity index (χ0v) is 14.0. The van der Waals surface area contributed by atoms with Crippen molar-refractivity contribution in [1.82, 2.24) is 19.4 Å². The molecule has 4 heterocycles. The van der Waals surface area contributed by atoms with E-state index >= 15 is 0 Å². The van der Waals surface area contributed by atoms with Crippen molar-refractivity contribution in [2.45, 2.75) is 19.4 Å². The molecule has 0 radical (unpaired) electrons. The molecule has 1 fully saturated rings. The molecule has 4 rings (SSSR count). The lowest BCUT2D eigenvalue weighted by Gasteiger charge is -2.33. The molecule has 0 bridgehead atoms. The van der Waals surface area contributed by atoms with Crippen molar-refractivity contribution in [1.29, 1.82) is 0 Å². The first kappa shape index (κ1) is 15.8. The van der Waals surface area contributed by atoms with E-state index in [1.807, 2.05) is 29.1 Å². The highest BCUT2D eigenvalue weighted by atomic mass is 16.3. The summed E-state index contributed by atoms with van der Waals surface area (Å²) in [6.07, 6.45) is 11.2. The topological polar surface area (TPSA) is 78.6 Å². The van der Waals surface area contributed by atoms with Crippen molar-refractivity contribution in [3.63, 3.8) is 0 Å². The second kappa shape index (κ2) is 7.06. The fourth-order valence-electron chi connectivity index (χ4n) is 3.33. The largest absolute Gasteiger partial charge is 0.396 e. The van der Waals surface area contributed by atoms with Gasteiger partial charge in [0, 0.05) is 38.3 Å². The molecule has 7 nitrogen and oxygen atoms in total. The molecule has 7 heteroatoms. The molecule has 0 saturated carbocycles. The van der Waals surface area contributed by atoms with Crippen molar-refractivity contribution >= 4 is 17.2 Å². The maximum Gasteiger partial charge on any atom is 0.155 e. The van der Waals surface area contributed by atoms with Crippen molar-refractivity contribution in [3.05, 3.63) is 48.8 Å². The van der Waals surface area contributed by atoms with Gasteiger partial charge in [0.05, 0.1) is 30.3 Å². The Morgan fingerprint density at radius 1 is 1.16 bits per heavy atom. The molecule has 0 unspecified atom stereocenters. The van der Waals surface area contributed by atoms with Crippen LogP contribution in [0.3, 0.4) is 0 Å². The smallest absolute Gasteiger partial charge is 0.155 e. The molecule has 25 heavy (non-hydrogen) atoms. The summed E-state index contributed by atoms with van der Waals surface area (Å²) in [7, 11) is 0. The number of pyridine rings is 1. The van der Waals surface area contributed by atoms with Crippen LogP contribution in [0.15, 0.2) is 43.1 Å². The summed E-state index contributed by atoms with van der Waals surface area (Å²) in [5.41, 5.74) is 2.94. The summed E-state index contributed by atoms with van der Waals surface area (Å²) in [6, 6.07) is 4.01. The second-order valence-electron chi connectivity index (χ2n) is 6.40. The number of aliphatic hydroxyl groups is 1. The number of hydrogen-bond acceptors (Lipinski definition) is 6. The zero-order valence-electron chi connectivity index (χ0n) is 14.0. The molecule has 3 aromatic rings. The Balaban J connectivity index is 1.50. The summed E-state index contributed by atoms with van der Waals surface area (Å²) in [4.78, 5) is 15.3. The number of anilines is 2. The van der Waals surface area contributed by atoms with Crippen LogP contribution in [0.5, 0.6) is 0 Å². The number of hydrogen-bond donors (Lipinski definition) is 2. The Kier molecular flexibility index (Phi) is 4.47. The number of nitrogens with zero attached hydrogens (tertiary/aromatic N) is 5. The van der Waals surface area contributed by atoms with Gasteiger partial charge in [-0.2, -0.15) is 0 Å². The van der Waals surface area contributed by atoms with Gasteiger partial charge in [-0.05, 0) is 30.9 Å². The van der Waals surface area contributed by atoms with Crippen LogP contribution in [0.25, 0.3) is 5.65 Å². The zero-order chi connectivity index (χ0) is 17.1. The lowest BCUT2D eigenvalue weighted by atomic mass is 9.98. The maximum atomic E-state index is 9.32. The average molecular weight is 338 g/mol. The van der Waals surface area contributed by atoms with E-state index in [1.54, 1.807) is 12.4 Å². The summed E-state index contributed by atoms with van der Waals surface area (Å²) in [5, 5.41) is 12.8. The van der Waals surface area contributed by atoms with Crippen molar-refractivity contribution in [3.8, 4) is 0 Å². The molecule has 130 valence electrons. The first-order chi connectivity index (χ1) is 12.3. The molecular formula is C18H22N6O. The average Bonchev–Trinajstić information content (AvgIpc) is 3.10. The molecule has 0 aliphatic carbocycles. The first-order valence-corrected chi connectivity index (χ1v) is 8.66. The summed E-state index contributed by atoms with van der Waals surface area (Å²) >= 11 is 0. The second-order valence-corrected chi connectivity index (χ2v) is 6.40. The normalized spacial score (nSPS) is 15.6. The van der Waals surface area contributed by atoms with Crippen LogP contribution in [0.2, 0.25) is 0 Å². The molecule has 1 saturated heterocycles. The van der Waals surface area contributed by atoms with E-state index in [1.165, 1.54) is 0 Å². The molecular weight excluding hydrogens is 316 g/mol. The monoisotopic (exact) mass is 338 g/mol. The molecule has 0 amide bonds. The summed E-state index contributed by atoms with van der Waals surface area (Å²) in [5.74, 6) is 1.40. The lowest BCUT2D eigenvalue weighted by molar-refractivity contribution is 0.203. The highest BCUT2D eigenvalue weighted by Gasteiger charge is 2.21. The van der Waals surface area contributed by atoms with Crippen molar-refractivity contribution in [2.75, 3.05) is 29.9 Å². The molecule has 1 aliphatic heterocycles. The predicted molar refractivity (Wildman–Crippen MR) is 96.6 cm³/mol. The highest BCUT2D eigenvalue weighted by Crippen LogP contribution is 2.27. The van der Waals surface area contributed by atoms with Gasteiger partial charge < -0.3 is 15.3 Å². The van der Waals surface area contributed by atoms with Crippen molar-refractivity contribution < 1.29 is 5.11 Å². The fraction of sp³-hybridized carbons (Fsp3) is 0.389. The molecule has 2 N–H and O–H groups in total. The van der Waals surface area contributed by atoms with Gasteiger partial charge >= 0.3 is 0 Å². The Bertz CT molecular complexity index is 840. The number of imidazole rings is 1. The first-order valence-electron chi connectivity index (χ1n) is 8.66. The SMILES string of the molecule is OCC1CCN(c2ncccc2NCc2cnc3cnccn23)CC1. The molecule has 1 aliphatic rings. The molecule has 3 aromatic heterocycles. The third-order valence-corrected chi connectivity index (χ3v) is 4.81. The van der Waals surface area contributed by atoms with Gasteiger partial charge in [0.15, 0.2) is 11.5 Å². The van der Waals surface area contributed by atoms with E-state index in [2.05, 4.69) is 31.2 Å². The maximum absolute atomic E-state index is 9.32. The lowest BCUT2D eigenvalue weighted by Crippen LogP contribution is -2.35. The van der Waals surface area contributed by atoms with Crippen LogP contribution in [-0.4, -0.2) is 44.2 Å². The van der Waals surface area contributed by atoms with Crippen LogP contribution < -0.4 is 10.2 Å². The van der Waals surface area contributed by atoms with Gasteiger partial charge in [0.2, 0.25) is 0 Å². The van der Waals surface area contributed by atoms with E-state index in [4.69, 9.17) is 0 Å². The number of fused-ring (bicyclic) bond motifs is 1. The Labute approximate surface area is 146 Å². The number of aromatic nitrogens is 4. The Morgan fingerprint density at radius 3 is 2.88 bits per heavy atom. The quantitative estimate of drug-likeness (QED) is 0.740. The van der Waals surface area contributed by atoms with E-state index in [-0.39, 0.29) is 6.61 Å². The van der Waals surface area contributed by atoms with E-state index in [9.17, 15) is 5.11 Å². The summed E-state index contributed by atoms with van der Waals surface area (Å²) in [6.45, 7) is 2.80.